The molecule has 0 radical (unpaired) electrons. The quantitative estimate of drug-likeness (QED) is 0.773. The number of hydrogen-bond donors (Lipinski definition) is 2. The van der Waals surface area contributed by atoms with Gasteiger partial charge in [0.15, 0.2) is 5.05 Å². The van der Waals surface area contributed by atoms with E-state index in [9.17, 15) is 0 Å². The fourth-order valence-electron chi connectivity index (χ4n) is 4.06. The summed E-state index contributed by atoms with van der Waals surface area (Å²) in [7, 11) is 0. The molecule has 2 rings (SSSR count). The van der Waals surface area contributed by atoms with Crippen LogP contribution in [-0.2, 0) is 4.74 Å². The molecule has 1 aliphatic carbocycles. The lowest BCUT2D eigenvalue weighted by atomic mass is 9.60. The van der Waals surface area contributed by atoms with Gasteiger partial charge in [0.25, 0.3) is 5.17 Å². The molecule has 138 valence electrons. The van der Waals surface area contributed by atoms with Crippen LogP contribution in [0.5, 0.6) is 5.75 Å². The van der Waals surface area contributed by atoms with Gasteiger partial charge in [0.05, 0.1) is 6.04 Å². The lowest BCUT2D eigenvalue weighted by molar-refractivity contribution is -0.00549. The Morgan fingerprint density at radius 3 is 2.44 bits per heavy atom. The van der Waals surface area contributed by atoms with Gasteiger partial charge in [-0.25, -0.2) is 0 Å². The van der Waals surface area contributed by atoms with Gasteiger partial charge in [-0.2, -0.15) is 0 Å². The molecule has 4 N–H and O–H groups in total. The zero-order valence-corrected chi connectivity index (χ0v) is 17.0. The highest BCUT2D eigenvalue weighted by Gasteiger charge is 2.47. The van der Waals surface area contributed by atoms with Crippen LogP contribution in [-0.4, -0.2) is 22.4 Å². The normalized spacial score (nSPS) is 26.5. The third kappa shape index (κ3) is 5.12. The largest absolute Gasteiger partial charge is 0.468 e. The van der Waals surface area contributed by atoms with Gasteiger partial charge in [0.1, 0.15) is 11.9 Å². The minimum atomic E-state index is -0.390. The number of nitrogens with two attached hydrogens (primary N) is 2. The van der Waals surface area contributed by atoms with Crippen LogP contribution in [0.3, 0.4) is 0 Å². The van der Waals surface area contributed by atoms with Gasteiger partial charge in [0.2, 0.25) is 0 Å². The Kier molecular flexibility index (Phi) is 6.07. The van der Waals surface area contributed by atoms with Crippen molar-refractivity contribution in [3.8, 4) is 5.75 Å². The first-order valence-corrected chi connectivity index (χ1v) is 9.33. The smallest absolute Gasteiger partial charge is 0.254 e. The number of hydrogen-bond acceptors (Lipinski definition) is 5. The summed E-state index contributed by atoms with van der Waals surface area (Å²) in [5.41, 5.74) is 13.0. The highest BCUT2D eigenvalue weighted by molar-refractivity contribution is 7.80. The van der Waals surface area contributed by atoms with Crippen molar-refractivity contribution in [3.63, 3.8) is 0 Å². The molecule has 1 aliphatic rings. The second-order valence-electron chi connectivity index (χ2n) is 8.13. The van der Waals surface area contributed by atoms with Crippen LogP contribution < -0.4 is 16.2 Å². The molecule has 0 aliphatic heterocycles. The van der Waals surface area contributed by atoms with Gasteiger partial charge in [-0.15, -0.1) is 0 Å². The van der Waals surface area contributed by atoms with Gasteiger partial charge in [-0.3, -0.25) is 0 Å². The van der Waals surface area contributed by atoms with Crippen molar-refractivity contribution in [1.29, 1.82) is 0 Å². The van der Waals surface area contributed by atoms with E-state index < -0.39 is 0 Å². The van der Waals surface area contributed by atoms with Gasteiger partial charge >= 0.3 is 0 Å². The van der Waals surface area contributed by atoms with Gasteiger partial charge < -0.3 is 20.9 Å². The van der Waals surface area contributed by atoms with E-state index in [1.165, 1.54) is 0 Å². The number of thiocarbonyl (C=S) groups is 2. The third-order valence-corrected chi connectivity index (χ3v) is 5.38. The molecule has 1 saturated carbocycles. The highest BCUT2D eigenvalue weighted by atomic mass is 32.1. The average Bonchev–Trinajstić information content (AvgIpc) is 2.45. The predicted molar refractivity (Wildman–Crippen MR) is 110 cm³/mol. The van der Waals surface area contributed by atoms with Gasteiger partial charge in [-0.05, 0) is 73.1 Å². The zero-order valence-electron chi connectivity index (χ0n) is 15.4. The molecule has 0 bridgehead atoms. The van der Waals surface area contributed by atoms with E-state index in [0.29, 0.717) is 5.05 Å². The Labute approximate surface area is 161 Å². The molecule has 1 fully saturated rings. The first kappa shape index (κ1) is 20.1. The second kappa shape index (κ2) is 7.56. The van der Waals surface area contributed by atoms with Crippen molar-refractivity contribution in [3.05, 3.63) is 29.8 Å². The molecule has 25 heavy (non-hydrogen) atoms. The van der Waals surface area contributed by atoms with Crippen LogP contribution in [0.25, 0.3) is 0 Å². The summed E-state index contributed by atoms with van der Waals surface area (Å²) in [4.78, 5) is 0. The second-order valence-corrected chi connectivity index (χ2v) is 8.93. The summed E-state index contributed by atoms with van der Waals surface area (Å²) < 4.78 is 11.6. The van der Waals surface area contributed by atoms with Crippen LogP contribution in [0.4, 0.5) is 0 Å². The summed E-state index contributed by atoms with van der Waals surface area (Å²) in [5.74, 6) is 0.748. The number of aryl methyl sites for hydroxylation is 1. The van der Waals surface area contributed by atoms with Crippen LogP contribution in [0.2, 0.25) is 0 Å². The molecule has 0 heterocycles. The van der Waals surface area contributed by atoms with E-state index in [1.807, 2.05) is 31.2 Å². The molecular weight excluding hydrogens is 352 g/mol. The van der Waals surface area contributed by atoms with Gasteiger partial charge in [0, 0.05) is 0 Å². The summed E-state index contributed by atoms with van der Waals surface area (Å²) in [5, 5.41) is 0.487. The molecule has 3 atom stereocenters. The van der Waals surface area contributed by atoms with Crippen molar-refractivity contribution in [2.24, 2.45) is 22.3 Å². The van der Waals surface area contributed by atoms with Gasteiger partial charge in [-0.1, -0.05) is 39.0 Å². The summed E-state index contributed by atoms with van der Waals surface area (Å²) >= 11 is 10.5. The van der Waals surface area contributed by atoms with Crippen LogP contribution in [0, 0.1) is 17.8 Å². The maximum absolute atomic E-state index is 6.55. The van der Waals surface area contributed by atoms with Crippen molar-refractivity contribution in [2.45, 2.75) is 59.1 Å². The molecule has 6 heteroatoms. The van der Waals surface area contributed by atoms with E-state index >= 15 is 0 Å². The fraction of sp³-hybridized carbons (Fsp3) is 0.579. The van der Waals surface area contributed by atoms with Crippen LogP contribution in [0.1, 0.15) is 45.6 Å². The number of rotatable bonds is 4. The Morgan fingerprint density at radius 1 is 1.20 bits per heavy atom. The number of benzene rings is 1. The molecular formula is C19H28N2O2S2. The van der Waals surface area contributed by atoms with E-state index in [2.05, 4.69) is 20.8 Å². The van der Waals surface area contributed by atoms with Crippen molar-refractivity contribution >= 4 is 34.7 Å². The Morgan fingerprint density at radius 2 is 1.84 bits per heavy atom. The van der Waals surface area contributed by atoms with E-state index in [-0.39, 0.29) is 28.2 Å². The maximum Gasteiger partial charge on any atom is 0.254 e. The number of ether oxygens (including phenoxy) is 2. The maximum atomic E-state index is 6.55. The summed E-state index contributed by atoms with van der Waals surface area (Å²) in [6, 6.07) is 7.39. The molecule has 1 aromatic rings. The fourth-order valence-corrected chi connectivity index (χ4v) is 4.57. The van der Waals surface area contributed by atoms with Crippen molar-refractivity contribution in [1.82, 2.24) is 0 Å². The molecule has 4 nitrogen and oxygen atoms in total. The minimum Gasteiger partial charge on any atom is -0.468 e. The SMILES string of the molecule is Cc1ccccc1OC(=S)C(N)C1(C)CC(OC(N)=S)CC(C)(C)C1. The number of para-hydroxylation sites is 1. The standard InChI is InChI=1S/C19H28N2O2S2/c1-12-7-5-6-8-14(12)23-16(24)15(20)19(4)10-13(22-17(21)25)9-18(2,3)11-19/h5-8,13,15H,9-11,20H2,1-4H3,(H2,21,25). The van der Waals surface area contributed by atoms with E-state index in [4.69, 9.17) is 45.4 Å². The zero-order chi connectivity index (χ0) is 18.8. The Hall–Kier alpha value is -1.24. The topological polar surface area (TPSA) is 70.5 Å². The molecule has 0 spiro atoms. The average molecular weight is 381 g/mol. The summed E-state index contributed by atoms with van der Waals surface area (Å²) in [6.07, 6.45) is 2.50. The van der Waals surface area contributed by atoms with E-state index in [0.717, 1.165) is 30.6 Å². The van der Waals surface area contributed by atoms with Crippen LogP contribution >= 0.6 is 24.4 Å². The predicted octanol–water partition coefficient (Wildman–Crippen LogP) is 3.87. The Balaban J connectivity index is 2.17. The Bertz CT molecular complexity index is 663. The van der Waals surface area contributed by atoms with E-state index in [1.54, 1.807) is 0 Å². The molecule has 3 unspecified atom stereocenters. The molecule has 0 amide bonds. The first-order chi connectivity index (χ1) is 11.5. The van der Waals surface area contributed by atoms with Crippen molar-refractivity contribution < 1.29 is 9.47 Å². The minimum absolute atomic E-state index is 0.0539. The molecule has 0 aromatic heterocycles. The molecule has 0 saturated heterocycles. The lowest BCUT2D eigenvalue weighted by Gasteiger charge is -2.48. The van der Waals surface area contributed by atoms with Crippen LogP contribution in [0.15, 0.2) is 24.3 Å². The third-order valence-electron chi connectivity index (χ3n) is 4.95. The summed E-state index contributed by atoms with van der Waals surface area (Å²) in [6.45, 7) is 8.54. The first-order valence-electron chi connectivity index (χ1n) is 8.51. The lowest BCUT2D eigenvalue weighted by Crippen LogP contribution is -2.53. The highest BCUT2D eigenvalue weighted by Crippen LogP contribution is 2.48. The monoisotopic (exact) mass is 380 g/mol. The molecule has 1 aromatic carbocycles. The van der Waals surface area contributed by atoms with Crippen molar-refractivity contribution in [2.75, 3.05) is 0 Å².